The number of carbonyl (C=O) groups excluding carboxylic acids is 1. The minimum atomic E-state index is 0.179. The molecular formula is C26H56N3O+. The molecule has 0 saturated carbocycles. The Kier molecular flexibility index (Phi) is 19.9. The molecule has 0 spiro atoms. The highest BCUT2D eigenvalue weighted by atomic mass is 16.2. The van der Waals surface area contributed by atoms with Gasteiger partial charge in [-0.1, -0.05) is 96.8 Å². The average molecular weight is 427 g/mol. The van der Waals surface area contributed by atoms with Gasteiger partial charge in [0.15, 0.2) is 6.54 Å². The normalized spacial score (nSPS) is 11.9. The molecule has 0 bridgehead atoms. The van der Waals surface area contributed by atoms with Crippen LogP contribution in [0.3, 0.4) is 0 Å². The number of hydrogen-bond donors (Lipinski definition) is 1. The Labute approximate surface area is 189 Å². The van der Waals surface area contributed by atoms with E-state index >= 15 is 0 Å². The van der Waals surface area contributed by atoms with Gasteiger partial charge in [0.05, 0.1) is 20.6 Å². The lowest BCUT2D eigenvalue weighted by Gasteiger charge is -2.29. The number of likely N-dealkylation sites (N-methyl/N-ethyl adjacent to an activating group) is 2. The SMILES string of the molecule is CCCCCCCCCCCCCCCCCC[N+](C)(C)CC(=O)NCCN(C)C. The van der Waals surface area contributed by atoms with Crippen LogP contribution in [0.4, 0.5) is 0 Å². The number of hydrogen-bond acceptors (Lipinski definition) is 2. The van der Waals surface area contributed by atoms with Crippen LogP contribution >= 0.6 is 0 Å². The van der Waals surface area contributed by atoms with Crippen LogP contribution < -0.4 is 5.32 Å². The van der Waals surface area contributed by atoms with Crippen molar-refractivity contribution in [3.8, 4) is 0 Å². The van der Waals surface area contributed by atoms with Crippen LogP contribution in [0, 0.1) is 0 Å². The summed E-state index contributed by atoms with van der Waals surface area (Å²) in [6, 6.07) is 0. The van der Waals surface area contributed by atoms with Gasteiger partial charge in [0.25, 0.3) is 5.91 Å². The van der Waals surface area contributed by atoms with E-state index in [4.69, 9.17) is 0 Å². The molecule has 0 aliphatic rings. The Morgan fingerprint density at radius 1 is 0.700 bits per heavy atom. The van der Waals surface area contributed by atoms with Crippen LogP contribution in [-0.2, 0) is 4.79 Å². The molecule has 0 rings (SSSR count). The summed E-state index contributed by atoms with van der Waals surface area (Å²) in [5, 5.41) is 3.03. The maximum absolute atomic E-state index is 12.1. The van der Waals surface area contributed by atoms with E-state index in [0.29, 0.717) is 6.54 Å². The molecule has 4 heteroatoms. The zero-order valence-corrected chi connectivity index (χ0v) is 21.4. The predicted octanol–water partition coefficient (Wildman–Crippen LogP) is 6.00. The highest BCUT2D eigenvalue weighted by Crippen LogP contribution is 2.14. The molecule has 180 valence electrons. The number of quaternary nitrogens is 1. The van der Waals surface area contributed by atoms with E-state index in [1.165, 1.54) is 103 Å². The number of nitrogens with one attached hydrogen (secondary N) is 1. The molecule has 0 aromatic heterocycles. The van der Waals surface area contributed by atoms with E-state index in [1.54, 1.807) is 0 Å². The van der Waals surface area contributed by atoms with Crippen molar-refractivity contribution < 1.29 is 9.28 Å². The van der Waals surface area contributed by atoms with Gasteiger partial charge in [-0.05, 0) is 26.9 Å². The predicted molar refractivity (Wildman–Crippen MR) is 133 cm³/mol. The van der Waals surface area contributed by atoms with Gasteiger partial charge >= 0.3 is 0 Å². The van der Waals surface area contributed by atoms with E-state index in [1.807, 2.05) is 14.1 Å². The first-order valence-electron chi connectivity index (χ1n) is 13.1. The van der Waals surface area contributed by atoms with Crippen molar-refractivity contribution in [3.63, 3.8) is 0 Å². The van der Waals surface area contributed by atoms with E-state index in [9.17, 15) is 4.79 Å². The maximum atomic E-state index is 12.1. The molecule has 0 radical (unpaired) electrons. The minimum Gasteiger partial charge on any atom is -0.350 e. The van der Waals surface area contributed by atoms with Crippen LogP contribution in [0.15, 0.2) is 0 Å². The third-order valence-electron chi connectivity index (χ3n) is 6.07. The molecular weight excluding hydrogens is 370 g/mol. The number of nitrogens with zero attached hydrogens (tertiary/aromatic N) is 2. The second-order valence-corrected chi connectivity index (χ2v) is 10.3. The molecule has 0 saturated heterocycles. The monoisotopic (exact) mass is 426 g/mol. The molecule has 30 heavy (non-hydrogen) atoms. The zero-order chi connectivity index (χ0) is 22.5. The third kappa shape index (κ3) is 22.1. The molecule has 0 aromatic carbocycles. The summed E-state index contributed by atoms with van der Waals surface area (Å²) in [7, 11) is 8.42. The Balaban J connectivity index is 3.38. The van der Waals surface area contributed by atoms with Crippen LogP contribution in [0.25, 0.3) is 0 Å². The summed E-state index contributed by atoms with van der Waals surface area (Å²) in [5.74, 6) is 0.179. The summed E-state index contributed by atoms with van der Waals surface area (Å²) in [4.78, 5) is 14.2. The number of unbranched alkanes of at least 4 members (excludes halogenated alkanes) is 15. The molecule has 0 aromatic rings. The molecule has 0 heterocycles. The Bertz CT molecular complexity index is 382. The van der Waals surface area contributed by atoms with Gasteiger partial charge in [-0.3, -0.25) is 4.79 Å². The van der Waals surface area contributed by atoms with E-state index in [2.05, 4.69) is 31.2 Å². The molecule has 0 atom stereocenters. The first-order valence-corrected chi connectivity index (χ1v) is 13.1. The van der Waals surface area contributed by atoms with E-state index in [-0.39, 0.29) is 5.91 Å². The molecule has 0 unspecified atom stereocenters. The molecule has 4 nitrogen and oxygen atoms in total. The molecule has 0 aliphatic carbocycles. The lowest BCUT2D eigenvalue weighted by Crippen LogP contribution is -2.48. The van der Waals surface area contributed by atoms with Gasteiger partial charge in [-0.15, -0.1) is 0 Å². The number of rotatable bonds is 22. The standard InChI is InChI=1S/C26H55N3O/c1-6-7-8-9-10-11-12-13-14-15-16-17-18-19-20-21-24-29(4,5)25-26(30)27-22-23-28(2)3/h6-25H2,1-5H3/p+1. The topological polar surface area (TPSA) is 32.3 Å². The molecule has 1 N–H and O–H groups in total. The lowest BCUT2D eigenvalue weighted by molar-refractivity contribution is -0.882. The second kappa shape index (κ2) is 20.3. The van der Waals surface area contributed by atoms with Crippen molar-refractivity contribution in [2.45, 2.75) is 110 Å². The number of amides is 1. The highest BCUT2D eigenvalue weighted by Gasteiger charge is 2.19. The van der Waals surface area contributed by atoms with Crippen molar-refractivity contribution in [2.75, 3.05) is 54.4 Å². The van der Waals surface area contributed by atoms with Gasteiger partial charge in [0.1, 0.15) is 0 Å². The molecule has 0 aliphatic heterocycles. The summed E-state index contributed by atoms with van der Waals surface area (Å²) in [6.07, 6.45) is 22.5. The summed E-state index contributed by atoms with van der Waals surface area (Å²) >= 11 is 0. The van der Waals surface area contributed by atoms with E-state index < -0.39 is 0 Å². The Morgan fingerprint density at radius 2 is 1.10 bits per heavy atom. The quantitative estimate of drug-likeness (QED) is 0.170. The number of carbonyl (C=O) groups is 1. The van der Waals surface area contributed by atoms with Crippen LogP contribution in [0.5, 0.6) is 0 Å². The zero-order valence-electron chi connectivity index (χ0n) is 21.4. The van der Waals surface area contributed by atoms with E-state index in [0.717, 1.165) is 24.1 Å². The van der Waals surface area contributed by atoms with Gasteiger partial charge in [0.2, 0.25) is 0 Å². The van der Waals surface area contributed by atoms with Gasteiger partial charge < -0.3 is 14.7 Å². The summed E-state index contributed by atoms with van der Waals surface area (Å²) in [5.41, 5.74) is 0. The van der Waals surface area contributed by atoms with Gasteiger partial charge in [-0.25, -0.2) is 0 Å². The third-order valence-corrected chi connectivity index (χ3v) is 6.07. The summed E-state index contributed by atoms with van der Waals surface area (Å²) < 4.78 is 0.798. The van der Waals surface area contributed by atoms with Crippen molar-refractivity contribution >= 4 is 5.91 Å². The van der Waals surface area contributed by atoms with Gasteiger partial charge in [-0.2, -0.15) is 0 Å². The Hall–Kier alpha value is -0.610. The maximum Gasteiger partial charge on any atom is 0.275 e. The smallest absolute Gasteiger partial charge is 0.275 e. The van der Waals surface area contributed by atoms with Crippen molar-refractivity contribution in [2.24, 2.45) is 0 Å². The minimum absolute atomic E-state index is 0.179. The molecule has 1 amide bonds. The fourth-order valence-electron chi connectivity index (χ4n) is 4.03. The fraction of sp³-hybridized carbons (Fsp3) is 0.962. The molecule has 0 fully saturated rings. The largest absolute Gasteiger partial charge is 0.350 e. The average Bonchev–Trinajstić information content (AvgIpc) is 2.67. The first-order chi connectivity index (χ1) is 14.4. The summed E-state index contributed by atoms with van der Waals surface area (Å²) in [6.45, 7) is 5.62. The first kappa shape index (κ1) is 29.4. The van der Waals surface area contributed by atoms with Crippen LogP contribution in [-0.4, -0.2) is 69.7 Å². The fourth-order valence-corrected chi connectivity index (χ4v) is 4.03. The van der Waals surface area contributed by atoms with Crippen molar-refractivity contribution in [1.82, 2.24) is 10.2 Å². The second-order valence-electron chi connectivity index (χ2n) is 10.3. The highest BCUT2D eigenvalue weighted by molar-refractivity contribution is 5.77. The van der Waals surface area contributed by atoms with Crippen molar-refractivity contribution in [1.29, 1.82) is 0 Å². The Morgan fingerprint density at radius 3 is 1.50 bits per heavy atom. The van der Waals surface area contributed by atoms with Gasteiger partial charge in [0, 0.05) is 13.1 Å². The van der Waals surface area contributed by atoms with Crippen LogP contribution in [0.2, 0.25) is 0 Å². The lowest BCUT2D eigenvalue weighted by atomic mass is 10.0. The van der Waals surface area contributed by atoms with Crippen LogP contribution in [0.1, 0.15) is 110 Å². The van der Waals surface area contributed by atoms with Crippen molar-refractivity contribution in [3.05, 3.63) is 0 Å².